The molecule has 28 rings (SSSR count). The van der Waals surface area contributed by atoms with Crippen LogP contribution < -0.4 is 0 Å². The lowest BCUT2D eigenvalue weighted by Crippen LogP contribution is -1.94. The number of furan rings is 3. The number of fused-ring (bicyclic) bond motifs is 27. The molecule has 0 aliphatic heterocycles. The molecular formula is C128H80N6O3. The summed E-state index contributed by atoms with van der Waals surface area (Å²) < 4.78 is 18.3. The van der Waals surface area contributed by atoms with Gasteiger partial charge in [0.15, 0.2) is 0 Å². The molecule has 640 valence electrons. The number of hydrogen-bond donors (Lipinski definition) is 0. The molecule has 0 N–H and O–H groups in total. The Morgan fingerprint density at radius 2 is 0.394 bits per heavy atom. The lowest BCUT2D eigenvalue weighted by atomic mass is 9.93. The van der Waals surface area contributed by atoms with E-state index in [1.807, 2.05) is 55.0 Å². The second kappa shape index (κ2) is 33.0. The molecule has 9 nitrogen and oxygen atoms in total. The largest absolute Gasteiger partial charge is 0.456 e. The van der Waals surface area contributed by atoms with Crippen molar-refractivity contribution in [1.82, 2.24) is 29.9 Å². The average molecular weight is 1750 g/mol. The highest BCUT2D eigenvalue weighted by Crippen LogP contribution is 2.46. The van der Waals surface area contributed by atoms with Gasteiger partial charge in [0, 0.05) is 81.3 Å². The Bertz CT molecular complexity index is 9700. The molecule has 6 aromatic heterocycles. The van der Waals surface area contributed by atoms with Crippen molar-refractivity contribution < 1.29 is 13.3 Å². The van der Waals surface area contributed by atoms with Crippen molar-refractivity contribution in [2.75, 3.05) is 0 Å². The third-order valence-electron chi connectivity index (χ3n) is 27.2. The van der Waals surface area contributed by atoms with Gasteiger partial charge in [0.05, 0.1) is 68.8 Å². The van der Waals surface area contributed by atoms with E-state index in [0.717, 1.165) is 210 Å². The molecule has 6 heterocycles. The third kappa shape index (κ3) is 14.1. The van der Waals surface area contributed by atoms with E-state index in [2.05, 4.69) is 408 Å². The van der Waals surface area contributed by atoms with E-state index in [9.17, 15) is 0 Å². The molecule has 0 atom stereocenters. The molecule has 0 saturated heterocycles. The monoisotopic (exact) mass is 1750 g/mol. The van der Waals surface area contributed by atoms with Crippen molar-refractivity contribution in [2.24, 2.45) is 0 Å². The minimum Gasteiger partial charge on any atom is -0.456 e. The highest BCUT2D eigenvalue weighted by Gasteiger charge is 2.23. The van der Waals surface area contributed by atoms with Crippen LogP contribution in [0.15, 0.2) is 463 Å². The van der Waals surface area contributed by atoms with Gasteiger partial charge in [-0.05, 0) is 203 Å². The standard InChI is InChI=1S/2C46H28N2O.C36H24N2O/c1-3-11-29(12-4-1)31-19-22-37-39(25-31)40-26-32(30-13-5-2-6-14-30)20-23-38(40)46-45(37)47-28-42(48-46)35-16-8-7-15-34(35)33-21-24-44-41(27-33)36-17-9-10-18-43(36)49-44;1-3-9-29(10-4-1)33-19-22-36-37-23-20-34(30-11-5-2-6-12-30)27-41(37)46-45(40(36)26-33)47-28-42(48-46)32-17-15-31(16-18-32)35-21-24-44-39(25-35)38-13-7-8-14-43(38)49-44;1-21-11-14-27-29(17-21)30-18-22(2)12-15-28(30)36-35(27)37-20-32(38-36)25-8-4-3-7-24(25)23-13-16-34-31(19-23)26-9-5-6-10-33(26)39-34/h2*1-28H;3-20H,1-2H3. The molecular weight excluding hydrogens is 1670 g/mol. The van der Waals surface area contributed by atoms with Gasteiger partial charge in [-0.15, -0.1) is 0 Å². The van der Waals surface area contributed by atoms with Gasteiger partial charge in [-0.2, -0.15) is 0 Å². The summed E-state index contributed by atoms with van der Waals surface area (Å²) in [7, 11) is 0. The molecule has 0 aliphatic carbocycles. The van der Waals surface area contributed by atoms with E-state index in [4.69, 9.17) is 43.2 Å². The average Bonchev–Trinajstić information content (AvgIpc) is 1.52. The van der Waals surface area contributed by atoms with Crippen molar-refractivity contribution in [3.63, 3.8) is 0 Å². The summed E-state index contributed by atoms with van der Waals surface area (Å²) in [6, 6.07) is 152. The highest BCUT2D eigenvalue weighted by atomic mass is 16.3. The summed E-state index contributed by atoms with van der Waals surface area (Å²) in [5.41, 5.74) is 35.2. The van der Waals surface area contributed by atoms with E-state index in [1.165, 1.54) is 76.8 Å². The highest BCUT2D eigenvalue weighted by molar-refractivity contribution is 6.27. The van der Waals surface area contributed by atoms with Crippen molar-refractivity contribution in [1.29, 1.82) is 0 Å². The predicted molar refractivity (Wildman–Crippen MR) is 569 cm³/mol. The summed E-state index contributed by atoms with van der Waals surface area (Å²) in [5, 5.41) is 20.5. The Morgan fingerprint density at radius 1 is 0.146 bits per heavy atom. The van der Waals surface area contributed by atoms with Gasteiger partial charge < -0.3 is 13.3 Å². The summed E-state index contributed by atoms with van der Waals surface area (Å²) in [6.07, 6.45) is 5.77. The van der Waals surface area contributed by atoms with Gasteiger partial charge in [-0.3, -0.25) is 15.0 Å². The third-order valence-corrected chi connectivity index (χ3v) is 27.2. The van der Waals surface area contributed by atoms with Crippen LogP contribution in [-0.2, 0) is 0 Å². The fourth-order valence-electron chi connectivity index (χ4n) is 20.5. The van der Waals surface area contributed by atoms with Crippen molar-refractivity contribution in [2.45, 2.75) is 13.8 Å². The molecule has 137 heavy (non-hydrogen) atoms. The molecule has 0 fully saturated rings. The minimum absolute atomic E-state index is 0.842. The molecule has 0 aliphatic rings. The van der Waals surface area contributed by atoms with Gasteiger partial charge in [0.25, 0.3) is 0 Å². The number of aryl methyl sites for hydroxylation is 2. The Labute approximate surface area is 787 Å². The van der Waals surface area contributed by atoms with Crippen LogP contribution in [0.2, 0.25) is 0 Å². The van der Waals surface area contributed by atoms with Crippen LogP contribution in [0.4, 0.5) is 0 Å². The van der Waals surface area contributed by atoms with Crippen LogP contribution >= 0.6 is 0 Å². The number of para-hydroxylation sites is 3. The molecule has 28 aromatic rings. The van der Waals surface area contributed by atoms with E-state index in [0.29, 0.717) is 0 Å². The fraction of sp³-hybridized carbons (Fsp3) is 0.0156. The molecule has 9 heteroatoms. The molecule has 0 amide bonds. The summed E-state index contributed by atoms with van der Waals surface area (Å²) >= 11 is 0. The van der Waals surface area contributed by atoms with Crippen LogP contribution in [0, 0.1) is 13.8 Å². The number of benzene rings is 22. The topological polar surface area (TPSA) is 117 Å². The second-order valence-corrected chi connectivity index (χ2v) is 35.6. The first-order valence-corrected chi connectivity index (χ1v) is 46.4. The molecule has 22 aromatic carbocycles. The molecule has 0 saturated carbocycles. The van der Waals surface area contributed by atoms with Gasteiger partial charge in [-0.1, -0.05) is 363 Å². The second-order valence-electron chi connectivity index (χ2n) is 35.6. The summed E-state index contributed by atoms with van der Waals surface area (Å²) in [4.78, 5) is 31.4. The number of aromatic nitrogens is 6. The zero-order chi connectivity index (χ0) is 90.7. The SMILES string of the molecule is Cc1ccc2c(c1)c1cc(C)ccc1c1nc(-c3ccccc3-c3ccc4oc5ccccc5c4c3)cnc21.c1ccc(-c2ccc3c(c2)c2cc(-c4ccccc4)ccc2c2nc(-c4ccccc4-c4ccc5oc6ccccc6c5c4)cnc32)cc1.c1ccc(-c2ccc3c4ccc(-c5ccccc5)cc4c4nc(-c5ccc(-c6ccc7oc8ccccc8c7c6)cc5)cnc4c3c2)cc1. The molecule has 0 spiro atoms. The molecule has 0 radical (unpaired) electrons. The maximum Gasteiger partial charge on any atom is 0.135 e. The number of hydrogen-bond acceptors (Lipinski definition) is 9. The fourth-order valence-corrected chi connectivity index (χ4v) is 20.5. The Morgan fingerprint density at radius 3 is 0.803 bits per heavy atom. The van der Waals surface area contributed by atoms with Gasteiger partial charge in [0.2, 0.25) is 0 Å². The number of nitrogens with zero attached hydrogens (tertiary/aromatic N) is 6. The number of rotatable bonds is 10. The Kier molecular flexibility index (Phi) is 19.2. The van der Waals surface area contributed by atoms with Gasteiger partial charge in [-0.25, -0.2) is 15.0 Å². The predicted octanol–water partition coefficient (Wildman–Crippen LogP) is 34.8. The van der Waals surface area contributed by atoms with Crippen LogP contribution in [0.3, 0.4) is 0 Å². The quantitative estimate of drug-likeness (QED) is 0.123. The maximum atomic E-state index is 6.13. The Balaban J connectivity index is 0.000000107. The van der Waals surface area contributed by atoms with Crippen LogP contribution in [0.25, 0.3) is 275 Å². The first-order chi connectivity index (χ1) is 67.7. The lowest BCUT2D eigenvalue weighted by Gasteiger charge is -2.14. The maximum absolute atomic E-state index is 6.13. The van der Waals surface area contributed by atoms with Crippen molar-refractivity contribution in [3.05, 3.63) is 460 Å². The van der Waals surface area contributed by atoms with E-state index in [-0.39, 0.29) is 0 Å². The van der Waals surface area contributed by atoms with Gasteiger partial charge in [0.1, 0.15) is 33.5 Å². The van der Waals surface area contributed by atoms with Crippen molar-refractivity contribution in [3.8, 4) is 112 Å². The van der Waals surface area contributed by atoms with Crippen LogP contribution in [-0.4, -0.2) is 29.9 Å². The molecule has 0 bridgehead atoms. The smallest absolute Gasteiger partial charge is 0.135 e. The Hall–Kier alpha value is -18.2. The van der Waals surface area contributed by atoms with E-state index >= 15 is 0 Å². The van der Waals surface area contributed by atoms with Gasteiger partial charge >= 0.3 is 0 Å². The first kappa shape index (κ1) is 79.7. The summed E-state index contributed by atoms with van der Waals surface area (Å²) in [6.45, 7) is 4.28. The minimum atomic E-state index is 0.842. The van der Waals surface area contributed by atoms with E-state index < -0.39 is 0 Å². The summed E-state index contributed by atoms with van der Waals surface area (Å²) in [5.74, 6) is 0. The van der Waals surface area contributed by atoms with Crippen molar-refractivity contribution >= 4 is 164 Å². The van der Waals surface area contributed by atoms with Crippen LogP contribution in [0.5, 0.6) is 0 Å². The zero-order valence-electron chi connectivity index (χ0n) is 74.6. The lowest BCUT2D eigenvalue weighted by molar-refractivity contribution is 0.668. The molecule has 0 unspecified atom stereocenters. The van der Waals surface area contributed by atoms with E-state index in [1.54, 1.807) is 0 Å². The normalized spacial score (nSPS) is 11.7. The zero-order valence-corrected chi connectivity index (χ0v) is 74.6. The first-order valence-electron chi connectivity index (χ1n) is 46.4. The van der Waals surface area contributed by atoms with Crippen LogP contribution in [0.1, 0.15) is 11.1 Å².